The minimum atomic E-state index is 0.498. The minimum absolute atomic E-state index is 0.498. The monoisotopic (exact) mass is 274 g/mol. The Balaban J connectivity index is 2.11. The highest BCUT2D eigenvalue weighted by molar-refractivity contribution is 5.83. The summed E-state index contributed by atoms with van der Waals surface area (Å²) in [5.74, 6) is 0.498. The van der Waals surface area contributed by atoms with Gasteiger partial charge in [0.2, 0.25) is 0 Å². The molecule has 21 heavy (non-hydrogen) atoms. The molecule has 1 heterocycles. The maximum Gasteiger partial charge on any atom is 0.0966 e. The van der Waals surface area contributed by atoms with Crippen LogP contribution in [0.4, 0.5) is 0 Å². The first-order valence-corrected chi connectivity index (χ1v) is 7.44. The van der Waals surface area contributed by atoms with Gasteiger partial charge in [-0.2, -0.15) is 0 Å². The van der Waals surface area contributed by atoms with Crippen LogP contribution in [0, 0.1) is 0 Å². The number of aryl methyl sites for hydroxylation is 1. The fourth-order valence-corrected chi connectivity index (χ4v) is 3.46. The predicted octanol–water partition coefficient (Wildman–Crippen LogP) is 4.41. The van der Waals surface area contributed by atoms with E-state index in [0.717, 1.165) is 12.1 Å². The second-order valence-electron chi connectivity index (χ2n) is 5.90. The van der Waals surface area contributed by atoms with Crippen molar-refractivity contribution < 1.29 is 0 Å². The third-order valence-electron chi connectivity index (χ3n) is 4.48. The SMILES string of the molecule is CC1Cc2ccccc2-c2c(ncn2C)-c2ccccc21. The number of rotatable bonds is 0. The van der Waals surface area contributed by atoms with Crippen LogP contribution in [0.1, 0.15) is 24.0 Å². The van der Waals surface area contributed by atoms with Crippen LogP contribution in [-0.4, -0.2) is 9.55 Å². The van der Waals surface area contributed by atoms with Crippen molar-refractivity contribution in [1.82, 2.24) is 9.55 Å². The van der Waals surface area contributed by atoms with Crippen molar-refractivity contribution in [3.8, 4) is 22.5 Å². The summed E-state index contributed by atoms with van der Waals surface area (Å²) in [4.78, 5) is 4.70. The Morgan fingerprint density at radius 1 is 1.00 bits per heavy atom. The molecule has 104 valence electrons. The third-order valence-corrected chi connectivity index (χ3v) is 4.48. The maximum atomic E-state index is 4.70. The van der Waals surface area contributed by atoms with Gasteiger partial charge in [0.05, 0.1) is 17.7 Å². The number of hydrogen-bond acceptors (Lipinski definition) is 1. The van der Waals surface area contributed by atoms with Crippen LogP contribution in [0.3, 0.4) is 0 Å². The van der Waals surface area contributed by atoms with Crippen molar-refractivity contribution in [2.45, 2.75) is 19.3 Å². The summed E-state index contributed by atoms with van der Waals surface area (Å²) < 4.78 is 2.14. The molecule has 0 saturated heterocycles. The van der Waals surface area contributed by atoms with E-state index < -0.39 is 0 Å². The molecule has 1 unspecified atom stereocenters. The van der Waals surface area contributed by atoms with Gasteiger partial charge in [0.15, 0.2) is 0 Å². The van der Waals surface area contributed by atoms with Crippen LogP contribution < -0.4 is 0 Å². The van der Waals surface area contributed by atoms with Gasteiger partial charge < -0.3 is 4.57 Å². The molecular weight excluding hydrogens is 256 g/mol. The van der Waals surface area contributed by atoms with E-state index in [9.17, 15) is 0 Å². The van der Waals surface area contributed by atoms with Gasteiger partial charge in [0.25, 0.3) is 0 Å². The zero-order valence-electron chi connectivity index (χ0n) is 12.4. The third kappa shape index (κ3) is 1.83. The van der Waals surface area contributed by atoms with Crippen molar-refractivity contribution >= 4 is 0 Å². The molecule has 3 aromatic rings. The molecule has 1 atom stereocenters. The van der Waals surface area contributed by atoms with Gasteiger partial charge in [-0.05, 0) is 23.5 Å². The molecule has 1 aliphatic rings. The van der Waals surface area contributed by atoms with Crippen LogP contribution in [0.15, 0.2) is 54.9 Å². The summed E-state index contributed by atoms with van der Waals surface area (Å²) in [6.45, 7) is 2.31. The molecular formula is C19H18N2. The Hall–Kier alpha value is -2.35. The number of hydrogen-bond donors (Lipinski definition) is 0. The van der Waals surface area contributed by atoms with Crippen LogP contribution >= 0.6 is 0 Å². The summed E-state index contributed by atoms with van der Waals surface area (Å²) in [5.41, 5.74) is 7.72. The molecule has 4 rings (SSSR count). The molecule has 0 spiro atoms. The van der Waals surface area contributed by atoms with Crippen molar-refractivity contribution in [2.24, 2.45) is 7.05 Å². The van der Waals surface area contributed by atoms with E-state index in [1.807, 2.05) is 6.33 Å². The summed E-state index contributed by atoms with van der Waals surface area (Å²) in [7, 11) is 2.08. The largest absolute Gasteiger partial charge is 0.333 e. The Morgan fingerprint density at radius 2 is 1.71 bits per heavy atom. The zero-order chi connectivity index (χ0) is 14.4. The molecule has 2 aromatic carbocycles. The number of imidazole rings is 1. The van der Waals surface area contributed by atoms with Gasteiger partial charge in [-0.3, -0.25) is 0 Å². The van der Waals surface area contributed by atoms with Crippen LogP contribution in [0.2, 0.25) is 0 Å². The molecule has 2 nitrogen and oxygen atoms in total. The van der Waals surface area contributed by atoms with E-state index in [2.05, 4.69) is 67.1 Å². The molecule has 0 radical (unpaired) electrons. The second-order valence-corrected chi connectivity index (χ2v) is 5.90. The van der Waals surface area contributed by atoms with E-state index in [1.54, 1.807) is 0 Å². The molecule has 0 N–H and O–H groups in total. The average Bonchev–Trinajstić information content (AvgIpc) is 2.88. The molecule has 0 aliphatic heterocycles. The highest BCUT2D eigenvalue weighted by Gasteiger charge is 2.23. The Labute approximate surface area is 125 Å². The van der Waals surface area contributed by atoms with Crippen LogP contribution in [0.25, 0.3) is 22.5 Å². The van der Waals surface area contributed by atoms with Crippen molar-refractivity contribution in [3.05, 3.63) is 66.0 Å². The lowest BCUT2D eigenvalue weighted by molar-refractivity contribution is 0.758. The van der Waals surface area contributed by atoms with Crippen LogP contribution in [0.5, 0.6) is 0 Å². The van der Waals surface area contributed by atoms with E-state index in [1.165, 1.54) is 27.9 Å². The van der Waals surface area contributed by atoms with Gasteiger partial charge in [-0.25, -0.2) is 4.98 Å². The van der Waals surface area contributed by atoms with E-state index in [4.69, 9.17) is 4.98 Å². The Bertz CT molecular complexity index is 814. The predicted molar refractivity (Wildman–Crippen MR) is 86.2 cm³/mol. The fourth-order valence-electron chi connectivity index (χ4n) is 3.46. The molecule has 0 fully saturated rings. The standard InChI is InChI=1S/C19H18N2/c1-13-11-14-7-3-4-9-16(14)19-18(20-12-21(19)2)17-10-6-5-8-15(13)17/h3-10,12-13H,11H2,1-2H3. The highest BCUT2D eigenvalue weighted by Crippen LogP contribution is 2.40. The molecule has 1 aliphatic carbocycles. The molecule has 0 bridgehead atoms. The molecule has 0 saturated carbocycles. The topological polar surface area (TPSA) is 17.8 Å². The van der Waals surface area contributed by atoms with Crippen molar-refractivity contribution in [1.29, 1.82) is 0 Å². The maximum absolute atomic E-state index is 4.70. The van der Waals surface area contributed by atoms with Crippen molar-refractivity contribution in [3.63, 3.8) is 0 Å². The number of fused-ring (bicyclic) bond motifs is 5. The first kappa shape index (κ1) is 12.4. The van der Waals surface area contributed by atoms with Gasteiger partial charge in [0, 0.05) is 18.2 Å². The van der Waals surface area contributed by atoms with Gasteiger partial charge >= 0.3 is 0 Å². The lowest BCUT2D eigenvalue weighted by Gasteiger charge is -2.22. The number of aromatic nitrogens is 2. The lowest BCUT2D eigenvalue weighted by atomic mass is 9.83. The summed E-state index contributed by atoms with van der Waals surface area (Å²) in [6.07, 6.45) is 2.99. The summed E-state index contributed by atoms with van der Waals surface area (Å²) >= 11 is 0. The molecule has 0 amide bonds. The van der Waals surface area contributed by atoms with E-state index in [0.29, 0.717) is 5.92 Å². The van der Waals surface area contributed by atoms with Gasteiger partial charge in [0.1, 0.15) is 0 Å². The first-order valence-electron chi connectivity index (χ1n) is 7.44. The van der Waals surface area contributed by atoms with Gasteiger partial charge in [-0.15, -0.1) is 0 Å². The van der Waals surface area contributed by atoms with E-state index in [-0.39, 0.29) is 0 Å². The van der Waals surface area contributed by atoms with Crippen LogP contribution in [-0.2, 0) is 13.5 Å². The number of benzene rings is 2. The normalized spacial score (nSPS) is 16.4. The quantitative estimate of drug-likeness (QED) is 0.593. The van der Waals surface area contributed by atoms with Gasteiger partial charge in [-0.1, -0.05) is 55.5 Å². The summed E-state index contributed by atoms with van der Waals surface area (Å²) in [6, 6.07) is 17.4. The first-order chi connectivity index (χ1) is 10.3. The van der Waals surface area contributed by atoms with Crippen molar-refractivity contribution in [2.75, 3.05) is 0 Å². The second kappa shape index (κ2) is 4.59. The summed E-state index contributed by atoms with van der Waals surface area (Å²) in [5, 5.41) is 0. The Kier molecular flexibility index (Phi) is 2.71. The Morgan fingerprint density at radius 3 is 2.57 bits per heavy atom. The average molecular weight is 274 g/mol. The van der Waals surface area contributed by atoms with E-state index >= 15 is 0 Å². The zero-order valence-corrected chi connectivity index (χ0v) is 12.4. The highest BCUT2D eigenvalue weighted by atomic mass is 15.0. The fraction of sp³-hybridized carbons (Fsp3) is 0.211. The minimum Gasteiger partial charge on any atom is -0.333 e. The molecule has 2 heteroatoms. The lowest BCUT2D eigenvalue weighted by Crippen LogP contribution is -2.07. The smallest absolute Gasteiger partial charge is 0.0966 e. The number of nitrogens with zero attached hydrogens (tertiary/aromatic N) is 2. The molecule has 1 aromatic heterocycles.